The Morgan fingerprint density at radius 1 is 1.03 bits per heavy atom. The summed E-state index contributed by atoms with van der Waals surface area (Å²) in [6.45, 7) is 5.29. The predicted octanol–water partition coefficient (Wildman–Crippen LogP) is 5.75. The number of thiophene rings is 1. The van der Waals surface area contributed by atoms with E-state index < -0.39 is 0 Å². The lowest BCUT2D eigenvalue weighted by Crippen LogP contribution is -2.23. The number of carbonyl (C=O) groups excluding carboxylic acids is 2. The Hall–Kier alpha value is -2.88. The van der Waals surface area contributed by atoms with Gasteiger partial charge in [-0.3, -0.25) is 14.9 Å². The average molecular weight is 469 g/mol. The second kappa shape index (κ2) is 9.09. The van der Waals surface area contributed by atoms with Crippen LogP contribution in [-0.2, 0) is 4.79 Å². The number of amides is 2. The fraction of sp³-hybridized carbons (Fsp3) is 0.182. The number of aryl methyl sites for hydroxylation is 1. The molecule has 0 aliphatic heterocycles. The van der Waals surface area contributed by atoms with Crippen LogP contribution in [-0.4, -0.2) is 21.8 Å². The number of hydrogen-bond acceptors (Lipinski definition) is 7. The van der Waals surface area contributed by atoms with Crippen LogP contribution in [0.1, 0.15) is 40.8 Å². The molecule has 0 radical (unpaired) electrons. The Morgan fingerprint density at radius 3 is 2.48 bits per heavy atom. The highest BCUT2D eigenvalue weighted by atomic mass is 32.1. The number of aromatic nitrogens is 2. The predicted molar refractivity (Wildman–Crippen MR) is 128 cm³/mol. The number of nitrogens with one attached hydrogen (secondary N) is 2. The molecule has 0 fully saturated rings. The van der Waals surface area contributed by atoms with Gasteiger partial charge in [0.05, 0.1) is 17.4 Å². The van der Waals surface area contributed by atoms with E-state index in [2.05, 4.69) is 20.6 Å². The van der Waals surface area contributed by atoms with Crippen LogP contribution < -0.4 is 10.6 Å². The van der Waals surface area contributed by atoms with E-state index in [1.54, 1.807) is 11.3 Å². The molecule has 0 spiro atoms. The summed E-state index contributed by atoms with van der Waals surface area (Å²) >= 11 is 4.37. The summed E-state index contributed by atoms with van der Waals surface area (Å²) in [6.07, 6.45) is 0. The molecule has 31 heavy (non-hydrogen) atoms. The van der Waals surface area contributed by atoms with Crippen molar-refractivity contribution in [1.82, 2.24) is 15.3 Å². The topological polar surface area (TPSA) is 84.0 Å². The van der Waals surface area contributed by atoms with E-state index >= 15 is 0 Å². The Bertz CT molecular complexity index is 1210. The van der Waals surface area contributed by atoms with Crippen LogP contribution in [0.15, 0.2) is 46.5 Å². The van der Waals surface area contributed by atoms with Gasteiger partial charge in [-0.05, 0) is 30.9 Å². The fourth-order valence-corrected chi connectivity index (χ4v) is 5.45. The summed E-state index contributed by atoms with van der Waals surface area (Å²) in [5.41, 5.74) is 4.50. The van der Waals surface area contributed by atoms with Gasteiger partial charge in [0, 0.05) is 28.8 Å². The normalized spacial score (nSPS) is 11.8. The number of anilines is 1. The maximum absolute atomic E-state index is 12.8. The van der Waals surface area contributed by atoms with Gasteiger partial charge in [-0.2, -0.15) is 11.3 Å². The molecule has 0 saturated carbocycles. The minimum Gasteiger partial charge on any atom is -0.350 e. The first-order valence-corrected chi connectivity index (χ1v) is 12.2. The van der Waals surface area contributed by atoms with Crippen molar-refractivity contribution in [2.45, 2.75) is 26.8 Å². The van der Waals surface area contributed by atoms with E-state index in [0.29, 0.717) is 15.7 Å². The molecule has 4 aromatic rings. The third kappa shape index (κ3) is 4.90. The van der Waals surface area contributed by atoms with Crippen molar-refractivity contribution in [2.75, 3.05) is 5.32 Å². The van der Waals surface area contributed by atoms with Gasteiger partial charge < -0.3 is 5.32 Å². The van der Waals surface area contributed by atoms with E-state index in [4.69, 9.17) is 0 Å². The molecule has 3 heterocycles. The zero-order valence-corrected chi connectivity index (χ0v) is 19.6. The molecule has 0 aliphatic carbocycles. The minimum absolute atomic E-state index is 0.0570. The molecule has 0 aliphatic rings. The van der Waals surface area contributed by atoms with Crippen LogP contribution in [0.5, 0.6) is 0 Å². The summed E-state index contributed by atoms with van der Waals surface area (Å²) in [6, 6.07) is 9.82. The highest BCUT2D eigenvalue weighted by Gasteiger charge is 2.18. The summed E-state index contributed by atoms with van der Waals surface area (Å²) in [7, 11) is 0. The van der Waals surface area contributed by atoms with E-state index in [9.17, 15) is 9.59 Å². The van der Waals surface area contributed by atoms with Crippen molar-refractivity contribution >= 4 is 51.0 Å². The monoisotopic (exact) mass is 468 g/mol. The molecule has 2 amide bonds. The molecule has 9 heteroatoms. The molecule has 3 aromatic heterocycles. The molecule has 1 unspecified atom stereocenters. The quantitative estimate of drug-likeness (QED) is 0.377. The maximum Gasteiger partial charge on any atom is 0.269 e. The number of thiazole rings is 2. The van der Waals surface area contributed by atoms with Crippen molar-refractivity contribution < 1.29 is 9.59 Å². The maximum atomic E-state index is 12.8. The van der Waals surface area contributed by atoms with E-state index in [1.807, 2.05) is 60.3 Å². The van der Waals surface area contributed by atoms with Gasteiger partial charge in [-0.1, -0.05) is 24.3 Å². The van der Waals surface area contributed by atoms with E-state index in [-0.39, 0.29) is 17.9 Å². The summed E-state index contributed by atoms with van der Waals surface area (Å²) in [4.78, 5) is 33.7. The van der Waals surface area contributed by atoms with Crippen LogP contribution in [0.4, 0.5) is 5.13 Å². The first-order valence-electron chi connectivity index (χ1n) is 9.55. The second-order valence-corrected chi connectivity index (χ2v) is 9.62. The molecule has 2 N–H and O–H groups in total. The Morgan fingerprint density at radius 2 is 1.81 bits per heavy atom. The van der Waals surface area contributed by atoms with Crippen molar-refractivity contribution in [3.63, 3.8) is 0 Å². The largest absolute Gasteiger partial charge is 0.350 e. The van der Waals surface area contributed by atoms with Crippen LogP contribution in [0.25, 0.3) is 21.8 Å². The summed E-state index contributed by atoms with van der Waals surface area (Å²) in [5.74, 6) is -0.257. The lowest BCUT2D eigenvalue weighted by atomic mass is 10.1. The van der Waals surface area contributed by atoms with Crippen molar-refractivity contribution in [2.24, 2.45) is 0 Å². The summed E-state index contributed by atoms with van der Waals surface area (Å²) in [5, 5.41) is 13.1. The first-order chi connectivity index (χ1) is 14.9. The average Bonchev–Trinajstić information content (AvgIpc) is 3.48. The highest BCUT2D eigenvalue weighted by molar-refractivity contribution is 7.18. The molecule has 4 rings (SSSR count). The Balaban J connectivity index is 1.46. The molecule has 158 valence electrons. The summed E-state index contributed by atoms with van der Waals surface area (Å²) < 4.78 is 0. The van der Waals surface area contributed by atoms with Crippen molar-refractivity contribution in [3.05, 3.63) is 62.6 Å². The van der Waals surface area contributed by atoms with Gasteiger partial charge in [0.25, 0.3) is 5.91 Å². The lowest BCUT2D eigenvalue weighted by molar-refractivity contribution is -0.119. The second-order valence-electron chi connectivity index (χ2n) is 6.98. The fourth-order valence-electron chi connectivity index (χ4n) is 3.07. The van der Waals surface area contributed by atoms with E-state index in [1.165, 1.54) is 29.6 Å². The van der Waals surface area contributed by atoms with Crippen molar-refractivity contribution in [1.29, 1.82) is 0 Å². The Kier molecular flexibility index (Phi) is 6.26. The molecule has 1 aromatic carbocycles. The van der Waals surface area contributed by atoms with Gasteiger partial charge in [0.2, 0.25) is 5.91 Å². The first kappa shape index (κ1) is 21.4. The molecule has 0 saturated heterocycles. The van der Waals surface area contributed by atoms with E-state index in [0.717, 1.165) is 27.4 Å². The van der Waals surface area contributed by atoms with Crippen LogP contribution in [0.2, 0.25) is 0 Å². The van der Waals surface area contributed by atoms with Gasteiger partial charge in [-0.25, -0.2) is 9.97 Å². The number of rotatable bonds is 6. The van der Waals surface area contributed by atoms with Gasteiger partial charge in [-0.15, -0.1) is 22.7 Å². The van der Waals surface area contributed by atoms with Crippen LogP contribution in [0, 0.1) is 6.92 Å². The number of hydrogen-bond donors (Lipinski definition) is 2. The smallest absolute Gasteiger partial charge is 0.269 e. The SMILES string of the molecule is CC(=O)NC(C)c1ccc(-c2csc(NC(=O)c3sc(-c4ccsc4)nc3C)n2)cc1. The third-order valence-electron chi connectivity index (χ3n) is 4.62. The highest BCUT2D eigenvalue weighted by Crippen LogP contribution is 2.31. The Labute approximate surface area is 192 Å². The number of nitrogens with zero attached hydrogens (tertiary/aromatic N) is 2. The molecule has 6 nitrogen and oxygen atoms in total. The standard InChI is InChI=1S/C22H20N4O2S3/c1-12(23-14(3)27)15-4-6-16(7-5-15)18-11-30-22(25-18)26-20(28)19-13(2)24-21(31-19)17-8-9-29-10-17/h4-12H,1-3H3,(H,23,27)(H,25,26,28). The molecule has 0 bridgehead atoms. The van der Waals surface area contributed by atoms with Crippen LogP contribution in [0.3, 0.4) is 0 Å². The van der Waals surface area contributed by atoms with Crippen molar-refractivity contribution in [3.8, 4) is 21.8 Å². The van der Waals surface area contributed by atoms with Gasteiger partial charge >= 0.3 is 0 Å². The van der Waals surface area contributed by atoms with Gasteiger partial charge in [0.1, 0.15) is 9.88 Å². The minimum atomic E-state index is -0.197. The zero-order valence-electron chi connectivity index (χ0n) is 17.1. The molecular weight excluding hydrogens is 448 g/mol. The number of benzene rings is 1. The third-order valence-corrected chi connectivity index (χ3v) is 7.27. The zero-order chi connectivity index (χ0) is 22.0. The van der Waals surface area contributed by atoms with Gasteiger partial charge in [0.15, 0.2) is 5.13 Å². The lowest BCUT2D eigenvalue weighted by Gasteiger charge is -2.12. The molecule has 1 atom stereocenters. The number of carbonyl (C=O) groups is 2. The molecular formula is C22H20N4O2S3. The van der Waals surface area contributed by atoms with Crippen LogP contribution >= 0.6 is 34.0 Å².